The van der Waals surface area contributed by atoms with Gasteiger partial charge in [0.15, 0.2) is 6.29 Å². The average molecular weight is 250 g/mol. The molecule has 0 N–H and O–H groups in total. The molecule has 4 nitrogen and oxygen atoms in total. The molecule has 0 saturated carbocycles. The summed E-state index contributed by atoms with van der Waals surface area (Å²) >= 11 is 0. The van der Waals surface area contributed by atoms with Crippen LogP contribution in [0.25, 0.3) is 0 Å². The van der Waals surface area contributed by atoms with E-state index < -0.39 is 6.29 Å². The van der Waals surface area contributed by atoms with E-state index in [4.69, 9.17) is 9.47 Å². The summed E-state index contributed by atoms with van der Waals surface area (Å²) in [6.45, 7) is 0.616. The molecule has 98 valence electrons. The van der Waals surface area contributed by atoms with Crippen molar-refractivity contribution in [3.63, 3.8) is 0 Å². The lowest BCUT2D eigenvalue weighted by Crippen LogP contribution is -2.22. The monoisotopic (exact) mass is 250 g/mol. The first-order valence-electron chi connectivity index (χ1n) is 6.18. The highest BCUT2D eigenvalue weighted by Crippen LogP contribution is 2.28. The lowest BCUT2D eigenvalue weighted by atomic mass is 10.1. The highest BCUT2D eigenvalue weighted by Gasteiger charge is 2.24. The molecule has 1 aliphatic rings. The van der Waals surface area contributed by atoms with Crippen molar-refractivity contribution in [2.75, 3.05) is 13.7 Å². The summed E-state index contributed by atoms with van der Waals surface area (Å²) in [5.41, 5.74) is 1.12. The number of hydrogen-bond acceptors (Lipinski definition) is 4. The van der Waals surface area contributed by atoms with Gasteiger partial charge in [0.2, 0.25) is 0 Å². The maximum absolute atomic E-state index is 11.3. The van der Waals surface area contributed by atoms with Crippen molar-refractivity contribution < 1.29 is 19.0 Å². The Bertz CT molecular complexity index is 377. The van der Waals surface area contributed by atoms with Crippen LogP contribution in [0, 0.1) is 0 Å². The van der Waals surface area contributed by atoms with E-state index in [9.17, 15) is 4.79 Å². The predicted molar refractivity (Wildman–Crippen MR) is 65.9 cm³/mol. The number of benzene rings is 1. The summed E-state index contributed by atoms with van der Waals surface area (Å²) in [5.74, 6) is -0.311. The van der Waals surface area contributed by atoms with Crippen molar-refractivity contribution in [2.24, 2.45) is 0 Å². The van der Waals surface area contributed by atoms with Crippen molar-refractivity contribution in [3.05, 3.63) is 35.9 Å². The fourth-order valence-corrected chi connectivity index (χ4v) is 2.01. The van der Waals surface area contributed by atoms with E-state index >= 15 is 0 Å². The molecule has 4 heteroatoms. The Balaban J connectivity index is 2.01. The Labute approximate surface area is 107 Å². The summed E-state index contributed by atoms with van der Waals surface area (Å²) in [6, 6.07) is 10.0. The van der Waals surface area contributed by atoms with Crippen molar-refractivity contribution in [2.45, 2.75) is 31.7 Å². The first-order valence-corrected chi connectivity index (χ1v) is 6.18. The van der Waals surface area contributed by atoms with E-state index in [2.05, 4.69) is 4.74 Å². The van der Waals surface area contributed by atoms with Gasteiger partial charge in [0.1, 0.15) is 0 Å². The molecule has 1 heterocycles. The van der Waals surface area contributed by atoms with Crippen molar-refractivity contribution in [3.8, 4) is 0 Å². The van der Waals surface area contributed by atoms with Gasteiger partial charge in [-0.1, -0.05) is 30.3 Å². The van der Waals surface area contributed by atoms with Crippen molar-refractivity contribution >= 4 is 5.97 Å². The van der Waals surface area contributed by atoms with E-state index in [1.54, 1.807) is 0 Å². The second-order valence-electron chi connectivity index (χ2n) is 4.26. The van der Waals surface area contributed by atoms with Crippen molar-refractivity contribution in [1.29, 1.82) is 0 Å². The van der Waals surface area contributed by atoms with Crippen LogP contribution in [0.3, 0.4) is 0 Å². The Kier molecular flexibility index (Phi) is 4.73. The van der Waals surface area contributed by atoms with E-state index in [0.29, 0.717) is 6.61 Å². The number of carbonyl (C=O) groups is 1. The Morgan fingerprint density at radius 3 is 2.89 bits per heavy atom. The third-order valence-corrected chi connectivity index (χ3v) is 2.96. The minimum atomic E-state index is -0.509. The molecule has 1 fully saturated rings. The third kappa shape index (κ3) is 3.55. The van der Waals surface area contributed by atoms with Gasteiger partial charge < -0.3 is 14.2 Å². The fourth-order valence-electron chi connectivity index (χ4n) is 2.01. The molecule has 2 rings (SSSR count). The minimum absolute atomic E-state index is 0.0108. The maximum atomic E-state index is 11.3. The molecule has 1 saturated heterocycles. The smallest absolute Gasteiger partial charge is 0.310 e. The van der Waals surface area contributed by atoms with Crippen LogP contribution in [-0.2, 0) is 19.0 Å². The van der Waals surface area contributed by atoms with Crippen LogP contribution in [0.1, 0.15) is 30.9 Å². The summed E-state index contributed by atoms with van der Waals surface area (Å²) in [6.07, 6.45) is 1.45. The Hall–Kier alpha value is -1.39. The lowest BCUT2D eigenvalue weighted by molar-refractivity contribution is -0.175. The summed E-state index contributed by atoms with van der Waals surface area (Å²) in [5, 5.41) is 0. The molecular formula is C14H18O4. The van der Waals surface area contributed by atoms with Gasteiger partial charge >= 0.3 is 5.97 Å². The fraction of sp³-hybridized carbons (Fsp3) is 0.500. The van der Waals surface area contributed by atoms with Crippen LogP contribution >= 0.6 is 0 Å². The predicted octanol–water partition coefficient (Wildman–Crippen LogP) is 2.44. The molecule has 0 spiro atoms. The zero-order valence-electron chi connectivity index (χ0n) is 10.5. The maximum Gasteiger partial charge on any atom is 0.310 e. The molecule has 1 aliphatic heterocycles. The highest BCUT2D eigenvalue weighted by molar-refractivity contribution is 5.69. The van der Waals surface area contributed by atoms with Crippen LogP contribution in [0.2, 0.25) is 0 Å². The standard InChI is InChI=1S/C14H18O4/c1-16-13(15)10-14-17-9-5-8-12(18-14)11-6-3-2-4-7-11/h2-4,6-7,12,14H,5,8-10H2,1H3/t12-,14+/m1/s1. The van der Waals surface area contributed by atoms with Crippen molar-refractivity contribution in [1.82, 2.24) is 0 Å². The molecule has 0 unspecified atom stereocenters. The first kappa shape index (κ1) is 13.1. The van der Waals surface area contributed by atoms with E-state index in [0.717, 1.165) is 18.4 Å². The number of carbonyl (C=O) groups excluding carboxylic acids is 1. The van der Waals surface area contributed by atoms with Gasteiger partial charge in [-0.2, -0.15) is 0 Å². The highest BCUT2D eigenvalue weighted by atomic mass is 16.7. The molecule has 18 heavy (non-hydrogen) atoms. The number of esters is 1. The van der Waals surface area contributed by atoms with E-state index in [1.807, 2.05) is 30.3 Å². The van der Waals surface area contributed by atoms with Crippen LogP contribution in [0.4, 0.5) is 0 Å². The molecule has 0 aromatic heterocycles. The normalized spacial score (nSPS) is 24.3. The second-order valence-corrected chi connectivity index (χ2v) is 4.26. The number of hydrogen-bond donors (Lipinski definition) is 0. The number of ether oxygens (including phenoxy) is 3. The van der Waals surface area contributed by atoms with Crippen LogP contribution in [0.15, 0.2) is 30.3 Å². The molecule has 0 amide bonds. The SMILES string of the molecule is COC(=O)C[C@H]1OCCC[C@H](c2ccccc2)O1. The van der Waals surface area contributed by atoms with Crippen LogP contribution in [0.5, 0.6) is 0 Å². The van der Waals surface area contributed by atoms with Gasteiger partial charge in [-0.05, 0) is 18.4 Å². The Morgan fingerprint density at radius 2 is 2.17 bits per heavy atom. The summed E-state index contributed by atoms with van der Waals surface area (Å²) < 4.78 is 16.0. The van der Waals surface area contributed by atoms with E-state index in [1.165, 1.54) is 7.11 Å². The topological polar surface area (TPSA) is 44.8 Å². The molecule has 0 aliphatic carbocycles. The molecular weight excluding hydrogens is 232 g/mol. The lowest BCUT2D eigenvalue weighted by Gasteiger charge is -2.20. The van der Waals surface area contributed by atoms with Crippen LogP contribution in [-0.4, -0.2) is 26.0 Å². The van der Waals surface area contributed by atoms with Gasteiger partial charge in [0.25, 0.3) is 0 Å². The third-order valence-electron chi connectivity index (χ3n) is 2.96. The summed E-state index contributed by atoms with van der Waals surface area (Å²) in [4.78, 5) is 11.3. The molecule has 1 aromatic carbocycles. The Morgan fingerprint density at radius 1 is 1.39 bits per heavy atom. The second kappa shape index (κ2) is 6.52. The van der Waals surface area contributed by atoms with Crippen LogP contribution < -0.4 is 0 Å². The molecule has 2 atom stereocenters. The summed E-state index contributed by atoms with van der Waals surface area (Å²) in [7, 11) is 1.37. The average Bonchev–Trinajstić information content (AvgIpc) is 2.65. The van der Waals surface area contributed by atoms with E-state index in [-0.39, 0.29) is 18.5 Å². The van der Waals surface area contributed by atoms with Gasteiger partial charge in [-0.15, -0.1) is 0 Å². The molecule has 0 bridgehead atoms. The quantitative estimate of drug-likeness (QED) is 0.773. The number of rotatable bonds is 3. The minimum Gasteiger partial charge on any atom is -0.469 e. The van der Waals surface area contributed by atoms with Gasteiger partial charge in [0.05, 0.1) is 19.6 Å². The van der Waals surface area contributed by atoms with Gasteiger partial charge in [-0.3, -0.25) is 4.79 Å². The molecule has 1 aromatic rings. The first-order chi connectivity index (χ1) is 8.79. The molecule has 0 radical (unpaired) electrons. The van der Waals surface area contributed by atoms with Gasteiger partial charge in [-0.25, -0.2) is 0 Å². The zero-order chi connectivity index (χ0) is 12.8. The zero-order valence-corrected chi connectivity index (χ0v) is 10.5. The van der Waals surface area contributed by atoms with Gasteiger partial charge in [0, 0.05) is 6.61 Å². The largest absolute Gasteiger partial charge is 0.469 e. The number of methoxy groups -OCH3 is 1.